The van der Waals surface area contributed by atoms with E-state index in [1.807, 2.05) is 30.3 Å². The zero-order valence-corrected chi connectivity index (χ0v) is 12.0. The number of benzene rings is 2. The van der Waals surface area contributed by atoms with Gasteiger partial charge in [-0.15, -0.1) is 0 Å². The molecule has 20 heavy (non-hydrogen) atoms. The summed E-state index contributed by atoms with van der Waals surface area (Å²) in [5.74, 6) is -0.568. The van der Waals surface area contributed by atoms with Crippen LogP contribution in [0.25, 0.3) is 0 Å². The summed E-state index contributed by atoms with van der Waals surface area (Å²) >= 11 is 12.2. The summed E-state index contributed by atoms with van der Waals surface area (Å²) in [7, 11) is 0. The third kappa shape index (κ3) is 3.89. The van der Waals surface area contributed by atoms with Crippen molar-refractivity contribution in [2.75, 3.05) is 0 Å². The van der Waals surface area contributed by atoms with Gasteiger partial charge < -0.3 is 9.84 Å². The minimum absolute atomic E-state index is 0.127. The van der Waals surface area contributed by atoms with Gasteiger partial charge in [-0.05, 0) is 23.3 Å². The van der Waals surface area contributed by atoms with Crippen LogP contribution >= 0.6 is 23.2 Å². The highest BCUT2D eigenvalue weighted by molar-refractivity contribution is 6.37. The maximum atomic E-state index is 10.7. The van der Waals surface area contributed by atoms with E-state index in [9.17, 15) is 4.79 Å². The third-order valence-electron chi connectivity index (χ3n) is 2.64. The molecule has 0 spiro atoms. The SMILES string of the molecule is O=C(O)Cc1cc(Cl)c(OCc2ccccc2)c(Cl)c1. The fourth-order valence-electron chi connectivity index (χ4n) is 1.76. The van der Waals surface area contributed by atoms with Crippen LogP contribution in [0.2, 0.25) is 10.0 Å². The first kappa shape index (κ1) is 14.7. The number of carboxylic acid groups (broad SMARTS) is 1. The molecule has 104 valence electrons. The average molecular weight is 311 g/mol. The van der Waals surface area contributed by atoms with Gasteiger partial charge in [0, 0.05) is 0 Å². The molecule has 0 aliphatic rings. The largest absolute Gasteiger partial charge is 0.486 e. The standard InChI is InChI=1S/C15H12Cl2O3/c16-12-6-11(8-14(18)19)7-13(17)15(12)20-9-10-4-2-1-3-5-10/h1-7H,8-9H2,(H,18,19). The number of carbonyl (C=O) groups is 1. The molecule has 2 aromatic carbocycles. The van der Waals surface area contributed by atoms with E-state index in [1.165, 1.54) is 0 Å². The number of ether oxygens (including phenoxy) is 1. The lowest BCUT2D eigenvalue weighted by Crippen LogP contribution is -2.01. The first-order valence-corrected chi connectivity index (χ1v) is 6.68. The van der Waals surface area contributed by atoms with Gasteiger partial charge in [0.25, 0.3) is 0 Å². The van der Waals surface area contributed by atoms with Crippen molar-refractivity contribution in [3.05, 3.63) is 63.6 Å². The smallest absolute Gasteiger partial charge is 0.307 e. The van der Waals surface area contributed by atoms with Gasteiger partial charge in [-0.3, -0.25) is 4.79 Å². The van der Waals surface area contributed by atoms with Gasteiger partial charge in [0.05, 0.1) is 16.5 Å². The van der Waals surface area contributed by atoms with Crippen LogP contribution in [-0.4, -0.2) is 11.1 Å². The van der Waals surface area contributed by atoms with Gasteiger partial charge in [-0.25, -0.2) is 0 Å². The van der Waals surface area contributed by atoms with E-state index in [0.717, 1.165) is 5.56 Å². The fraction of sp³-hybridized carbons (Fsp3) is 0.133. The quantitative estimate of drug-likeness (QED) is 0.900. The van der Waals surface area contributed by atoms with Crippen LogP contribution in [0.1, 0.15) is 11.1 Å². The number of halogens is 2. The molecule has 0 amide bonds. The topological polar surface area (TPSA) is 46.5 Å². The Labute approximate surface area is 126 Å². The van der Waals surface area contributed by atoms with Crippen molar-refractivity contribution in [3.8, 4) is 5.75 Å². The summed E-state index contributed by atoms with van der Waals surface area (Å²) in [5, 5.41) is 9.37. The predicted molar refractivity (Wildman–Crippen MR) is 78.6 cm³/mol. The van der Waals surface area contributed by atoms with Crippen LogP contribution in [0.5, 0.6) is 5.75 Å². The van der Waals surface area contributed by atoms with E-state index < -0.39 is 5.97 Å². The zero-order chi connectivity index (χ0) is 14.5. The molecule has 0 heterocycles. The Morgan fingerprint density at radius 1 is 1.05 bits per heavy atom. The number of rotatable bonds is 5. The van der Waals surface area contributed by atoms with E-state index >= 15 is 0 Å². The van der Waals surface area contributed by atoms with E-state index in [-0.39, 0.29) is 6.42 Å². The lowest BCUT2D eigenvalue weighted by atomic mass is 10.1. The third-order valence-corrected chi connectivity index (χ3v) is 3.20. The minimum atomic E-state index is -0.935. The number of hydrogen-bond donors (Lipinski definition) is 1. The summed E-state index contributed by atoms with van der Waals surface area (Å²) in [6, 6.07) is 12.7. The molecule has 2 rings (SSSR count). The van der Waals surface area contributed by atoms with Crippen LogP contribution in [0.4, 0.5) is 0 Å². The van der Waals surface area contributed by atoms with Crippen molar-refractivity contribution in [2.24, 2.45) is 0 Å². The lowest BCUT2D eigenvalue weighted by molar-refractivity contribution is -0.136. The molecule has 0 atom stereocenters. The van der Waals surface area contributed by atoms with Gasteiger partial charge in [-0.2, -0.15) is 0 Å². The van der Waals surface area contributed by atoms with E-state index in [2.05, 4.69) is 0 Å². The Morgan fingerprint density at radius 2 is 1.65 bits per heavy atom. The molecular weight excluding hydrogens is 299 g/mol. The van der Waals surface area contributed by atoms with E-state index in [1.54, 1.807) is 12.1 Å². The van der Waals surface area contributed by atoms with Crippen LogP contribution in [0.15, 0.2) is 42.5 Å². The molecule has 0 saturated carbocycles. The molecule has 0 saturated heterocycles. The predicted octanol–water partition coefficient (Wildman–Crippen LogP) is 4.20. The molecule has 0 aliphatic heterocycles. The van der Waals surface area contributed by atoms with Gasteiger partial charge in [0.15, 0.2) is 5.75 Å². The van der Waals surface area contributed by atoms with E-state index in [0.29, 0.717) is 28.0 Å². The molecule has 0 aliphatic carbocycles. The minimum Gasteiger partial charge on any atom is -0.486 e. The molecule has 5 heteroatoms. The van der Waals surface area contributed by atoms with Gasteiger partial charge in [0.1, 0.15) is 6.61 Å². The Bertz CT molecular complexity index is 589. The van der Waals surface area contributed by atoms with Crippen LogP contribution < -0.4 is 4.74 Å². The summed E-state index contributed by atoms with van der Waals surface area (Å²) in [5.41, 5.74) is 1.54. The molecule has 0 unspecified atom stereocenters. The van der Waals surface area contributed by atoms with Gasteiger partial charge in [-0.1, -0.05) is 53.5 Å². The summed E-state index contributed by atoms with van der Waals surface area (Å²) < 4.78 is 5.60. The number of aliphatic carboxylic acids is 1. The van der Waals surface area contributed by atoms with Crippen molar-refractivity contribution in [1.82, 2.24) is 0 Å². The summed E-state index contributed by atoms with van der Waals surface area (Å²) in [4.78, 5) is 10.7. The first-order valence-electron chi connectivity index (χ1n) is 5.92. The Morgan fingerprint density at radius 3 is 2.20 bits per heavy atom. The van der Waals surface area contributed by atoms with Crippen molar-refractivity contribution >= 4 is 29.2 Å². The molecule has 0 radical (unpaired) electrons. The zero-order valence-electron chi connectivity index (χ0n) is 10.5. The second kappa shape index (κ2) is 6.64. The van der Waals surface area contributed by atoms with E-state index in [4.69, 9.17) is 33.0 Å². The van der Waals surface area contributed by atoms with Crippen molar-refractivity contribution in [3.63, 3.8) is 0 Å². The Balaban J connectivity index is 2.14. The van der Waals surface area contributed by atoms with Crippen molar-refractivity contribution < 1.29 is 14.6 Å². The fourth-order valence-corrected chi connectivity index (χ4v) is 2.40. The highest BCUT2D eigenvalue weighted by atomic mass is 35.5. The maximum absolute atomic E-state index is 10.7. The van der Waals surface area contributed by atoms with Gasteiger partial charge in [0.2, 0.25) is 0 Å². The van der Waals surface area contributed by atoms with Gasteiger partial charge >= 0.3 is 5.97 Å². The highest BCUT2D eigenvalue weighted by Crippen LogP contribution is 2.34. The molecule has 0 fully saturated rings. The van der Waals surface area contributed by atoms with Crippen LogP contribution in [0.3, 0.4) is 0 Å². The number of hydrogen-bond acceptors (Lipinski definition) is 2. The summed E-state index contributed by atoms with van der Waals surface area (Å²) in [6.07, 6.45) is -0.127. The Hall–Kier alpha value is -1.71. The molecule has 0 bridgehead atoms. The van der Waals surface area contributed by atoms with Crippen molar-refractivity contribution in [2.45, 2.75) is 13.0 Å². The first-order chi connectivity index (χ1) is 9.56. The molecule has 1 N–H and O–H groups in total. The monoisotopic (exact) mass is 310 g/mol. The molecule has 2 aromatic rings. The molecule has 3 nitrogen and oxygen atoms in total. The van der Waals surface area contributed by atoms with Crippen LogP contribution in [0, 0.1) is 0 Å². The number of carboxylic acids is 1. The summed E-state index contributed by atoms with van der Waals surface area (Å²) in [6.45, 7) is 0.346. The highest BCUT2D eigenvalue weighted by Gasteiger charge is 2.11. The second-order valence-electron chi connectivity index (χ2n) is 4.23. The molecule has 0 aromatic heterocycles. The average Bonchev–Trinajstić information content (AvgIpc) is 2.38. The maximum Gasteiger partial charge on any atom is 0.307 e. The Kier molecular flexibility index (Phi) is 4.88. The van der Waals surface area contributed by atoms with Crippen molar-refractivity contribution in [1.29, 1.82) is 0 Å². The lowest BCUT2D eigenvalue weighted by Gasteiger charge is -2.11. The van der Waals surface area contributed by atoms with Crippen LogP contribution in [-0.2, 0) is 17.8 Å². The second-order valence-corrected chi connectivity index (χ2v) is 5.05. The normalized spacial score (nSPS) is 10.3. The molecular formula is C15H12Cl2O3.